The Kier molecular flexibility index (Phi) is 6.19. The van der Waals surface area contributed by atoms with Crippen LogP contribution in [0.2, 0.25) is 0 Å². The molecule has 4 aromatic carbocycles. The molecule has 1 heteroatoms. The van der Waals surface area contributed by atoms with Gasteiger partial charge in [0.05, 0.1) is 0 Å². The zero-order chi connectivity index (χ0) is 17.0. The molecule has 26 heavy (non-hydrogen) atoms. The van der Waals surface area contributed by atoms with Crippen molar-refractivity contribution in [2.45, 2.75) is 5.41 Å². The van der Waals surface area contributed by atoms with Gasteiger partial charge in [-0.3, -0.25) is 0 Å². The van der Waals surface area contributed by atoms with Gasteiger partial charge in [0.1, 0.15) is 0 Å². The first-order valence-electron chi connectivity index (χ1n) is 8.48. The third kappa shape index (κ3) is 3.32. The Morgan fingerprint density at radius 2 is 0.846 bits per heavy atom. The van der Waals surface area contributed by atoms with Gasteiger partial charge in [-0.15, -0.1) is 11.1 Å². The molecule has 0 atom stereocenters. The standard InChI is InChI=1S/C25H18.Y/c1-5-13-21(14-6-1)25(22-15-7-2-8-16-22,23-17-9-3-10-18-23)24-19-11-4-12-20-24;/h1-17,19H;/q-2;. The van der Waals surface area contributed by atoms with E-state index in [1.807, 2.05) is 24.3 Å². The van der Waals surface area contributed by atoms with E-state index in [0.29, 0.717) is 0 Å². The number of hydrogen-bond donors (Lipinski definition) is 0. The summed E-state index contributed by atoms with van der Waals surface area (Å²) in [5, 5.41) is 0. The molecule has 123 valence electrons. The molecule has 0 spiro atoms. The van der Waals surface area contributed by atoms with E-state index in [0.717, 1.165) is 11.1 Å². The normalized spacial score (nSPS) is 10.8. The number of rotatable bonds is 4. The van der Waals surface area contributed by atoms with E-state index >= 15 is 0 Å². The first-order valence-corrected chi connectivity index (χ1v) is 8.48. The van der Waals surface area contributed by atoms with Crippen LogP contribution in [-0.4, -0.2) is 0 Å². The van der Waals surface area contributed by atoms with Crippen LogP contribution in [-0.2, 0) is 38.1 Å². The van der Waals surface area contributed by atoms with Crippen LogP contribution in [0, 0.1) is 12.1 Å². The van der Waals surface area contributed by atoms with Gasteiger partial charge in [0, 0.05) is 38.1 Å². The summed E-state index contributed by atoms with van der Waals surface area (Å²) in [5.41, 5.74) is 4.23. The van der Waals surface area contributed by atoms with Gasteiger partial charge in [0.25, 0.3) is 0 Å². The Hall–Kier alpha value is -2.02. The van der Waals surface area contributed by atoms with Crippen molar-refractivity contribution in [3.05, 3.63) is 144 Å². The van der Waals surface area contributed by atoms with Crippen LogP contribution < -0.4 is 0 Å². The van der Waals surface area contributed by atoms with Gasteiger partial charge in [-0.1, -0.05) is 60.7 Å². The number of hydrogen-bond acceptors (Lipinski definition) is 0. The minimum absolute atomic E-state index is 0. The van der Waals surface area contributed by atoms with Crippen molar-refractivity contribution in [3.63, 3.8) is 0 Å². The zero-order valence-corrected chi connectivity index (χ0v) is 17.3. The van der Waals surface area contributed by atoms with Crippen LogP contribution in [0.3, 0.4) is 0 Å². The molecule has 0 nitrogen and oxygen atoms in total. The van der Waals surface area contributed by atoms with Crippen LogP contribution >= 0.6 is 0 Å². The van der Waals surface area contributed by atoms with Crippen molar-refractivity contribution in [3.8, 4) is 0 Å². The minimum Gasteiger partial charge on any atom is -0.179 e. The van der Waals surface area contributed by atoms with Crippen LogP contribution in [0.15, 0.2) is 109 Å². The van der Waals surface area contributed by atoms with Crippen LogP contribution in [0.5, 0.6) is 0 Å². The number of benzene rings is 4. The molecule has 0 N–H and O–H groups in total. The average molecular weight is 407 g/mol. The maximum Gasteiger partial charge on any atom is 0.0254 e. The fourth-order valence-corrected chi connectivity index (χ4v) is 3.56. The van der Waals surface area contributed by atoms with E-state index in [1.165, 1.54) is 11.1 Å². The summed E-state index contributed by atoms with van der Waals surface area (Å²) in [6.07, 6.45) is 0. The van der Waals surface area contributed by atoms with Crippen LogP contribution in [0.1, 0.15) is 22.3 Å². The monoisotopic (exact) mass is 407 g/mol. The first-order chi connectivity index (χ1) is 12.4. The van der Waals surface area contributed by atoms with E-state index in [9.17, 15) is 0 Å². The summed E-state index contributed by atoms with van der Waals surface area (Å²) < 4.78 is 0. The van der Waals surface area contributed by atoms with E-state index in [4.69, 9.17) is 0 Å². The molecule has 0 saturated carbocycles. The first kappa shape index (κ1) is 18.8. The van der Waals surface area contributed by atoms with Crippen molar-refractivity contribution in [2.24, 2.45) is 0 Å². The SMILES string of the molecule is [Y].[c-]1ccccc1C(c1[c-]cccc1)(c1ccccc1)c1ccccc1. The van der Waals surface area contributed by atoms with Crippen molar-refractivity contribution in [1.82, 2.24) is 0 Å². The fraction of sp³-hybridized carbons (Fsp3) is 0.0400. The molecule has 0 aromatic heterocycles. The van der Waals surface area contributed by atoms with Crippen molar-refractivity contribution >= 4 is 0 Å². The van der Waals surface area contributed by atoms with Gasteiger partial charge in [0.2, 0.25) is 0 Å². The molecule has 0 aliphatic heterocycles. The molecule has 0 amide bonds. The van der Waals surface area contributed by atoms with Gasteiger partial charge in [-0.05, 0) is 11.1 Å². The predicted molar refractivity (Wildman–Crippen MR) is 102 cm³/mol. The summed E-state index contributed by atoms with van der Waals surface area (Å²) >= 11 is 0. The van der Waals surface area contributed by atoms with Gasteiger partial charge in [0.15, 0.2) is 0 Å². The summed E-state index contributed by atoms with van der Waals surface area (Å²) in [6, 6.07) is 44.7. The molecular weight excluding hydrogens is 389 g/mol. The minimum atomic E-state index is -0.439. The maximum atomic E-state index is 3.48. The second-order valence-electron chi connectivity index (χ2n) is 6.03. The molecule has 1 radical (unpaired) electrons. The zero-order valence-electron chi connectivity index (χ0n) is 14.5. The van der Waals surface area contributed by atoms with Crippen LogP contribution in [0.25, 0.3) is 0 Å². The van der Waals surface area contributed by atoms with Gasteiger partial charge < -0.3 is 0 Å². The quantitative estimate of drug-likeness (QED) is 0.302. The molecule has 0 fully saturated rings. The smallest absolute Gasteiger partial charge is 0.0254 e. The van der Waals surface area contributed by atoms with Gasteiger partial charge in [-0.25, -0.2) is 0 Å². The molecule has 0 unspecified atom stereocenters. The molecular formula is C25H18Y-2. The molecule has 0 heterocycles. The second kappa shape index (κ2) is 8.58. The Labute approximate surface area is 180 Å². The Morgan fingerprint density at radius 3 is 1.19 bits per heavy atom. The molecule has 4 rings (SSSR count). The predicted octanol–water partition coefficient (Wildman–Crippen LogP) is 5.67. The molecule has 4 aromatic rings. The Balaban J connectivity index is 0.00000196. The maximum absolute atomic E-state index is 3.48. The Morgan fingerprint density at radius 1 is 0.462 bits per heavy atom. The van der Waals surface area contributed by atoms with Gasteiger partial charge >= 0.3 is 0 Å². The van der Waals surface area contributed by atoms with E-state index < -0.39 is 5.41 Å². The van der Waals surface area contributed by atoms with Crippen molar-refractivity contribution < 1.29 is 32.7 Å². The van der Waals surface area contributed by atoms with E-state index in [-0.39, 0.29) is 32.7 Å². The van der Waals surface area contributed by atoms with Crippen LogP contribution in [0.4, 0.5) is 0 Å². The summed E-state index contributed by atoms with van der Waals surface area (Å²) in [5.74, 6) is 0. The average Bonchev–Trinajstić information content (AvgIpc) is 2.72. The third-order valence-electron chi connectivity index (χ3n) is 4.64. The second-order valence-corrected chi connectivity index (χ2v) is 6.03. The van der Waals surface area contributed by atoms with Gasteiger partial charge in [-0.2, -0.15) is 60.7 Å². The summed E-state index contributed by atoms with van der Waals surface area (Å²) in [4.78, 5) is 0. The summed E-state index contributed by atoms with van der Waals surface area (Å²) in [6.45, 7) is 0. The largest absolute Gasteiger partial charge is 0.179 e. The molecule has 0 saturated heterocycles. The fourth-order valence-electron chi connectivity index (χ4n) is 3.56. The van der Waals surface area contributed by atoms with Crippen molar-refractivity contribution in [2.75, 3.05) is 0 Å². The van der Waals surface area contributed by atoms with E-state index in [1.54, 1.807) is 0 Å². The molecule has 0 bridgehead atoms. The topological polar surface area (TPSA) is 0 Å². The van der Waals surface area contributed by atoms with Crippen molar-refractivity contribution in [1.29, 1.82) is 0 Å². The molecule has 0 aliphatic carbocycles. The third-order valence-corrected chi connectivity index (χ3v) is 4.64. The Bertz CT molecular complexity index is 753. The summed E-state index contributed by atoms with van der Waals surface area (Å²) in [7, 11) is 0. The van der Waals surface area contributed by atoms with E-state index in [2.05, 4.69) is 97.1 Å². The molecule has 0 aliphatic rings.